The molecule has 2 aliphatic rings. The van der Waals surface area contributed by atoms with Crippen molar-refractivity contribution in [1.29, 1.82) is 0 Å². The molecule has 1 aliphatic carbocycles. The van der Waals surface area contributed by atoms with E-state index in [0.29, 0.717) is 29.6 Å². The summed E-state index contributed by atoms with van der Waals surface area (Å²) in [4.78, 5) is 19.9. The Bertz CT molecular complexity index is 1200. The molecule has 5 rings (SSSR count). The number of ether oxygens (including phenoxy) is 2. The van der Waals surface area contributed by atoms with Gasteiger partial charge in [0.1, 0.15) is 22.7 Å². The number of carbonyl (C=O) groups is 1. The molecule has 2 fully saturated rings. The molecule has 0 radical (unpaired) electrons. The Morgan fingerprint density at radius 2 is 1.91 bits per heavy atom. The SMILES string of the molecule is COc1cc(-c2cnc3cc(C(C)N4CCCC4)ccn23)cc(OC(F)F)c1C(=O)CC1CC1. The molecule has 1 aliphatic heterocycles. The number of pyridine rings is 1. The highest BCUT2D eigenvalue weighted by molar-refractivity contribution is 6.02. The lowest BCUT2D eigenvalue weighted by molar-refractivity contribution is -0.0502. The highest BCUT2D eigenvalue weighted by Crippen LogP contribution is 2.40. The summed E-state index contributed by atoms with van der Waals surface area (Å²) < 4.78 is 38.7. The van der Waals surface area contributed by atoms with Crippen LogP contribution in [0.25, 0.3) is 16.9 Å². The zero-order chi connectivity index (χ0) is 23.8. The average molecular weight is 470 g/mol. The summed E-state index contributed by atoms with van der Waals surface area (Å²) in [6.45, 7) is 1.36. The van der Waals surface area contributed by atoms with Gasteiger partial charge in [0.25, 0.3) is 0 Å². The first-order chi connectivity index (χ1) is 16.4. The van der Waals surface area contributed by atoms with Crippen molar-refractivity contribution >= 4 is 11.4 Å². The van der Waals surface area contributed by atoms with Gasteiger partial charge in [-0.2, -0.15) is 8.78 Å². The Labute approximate surface area is 197 Å². The lowest BCUT2D eigenvalue weighted by Gasteiger charge is -2.24. The molecule has 1 atom stereocenters. The van der Waals surface area contributed by atoms with Gasteiger partial charge in [0, 0.05) is 24.2 Å². The van der Waals surface area contributed by atoms with Crippen molar-refractivity contribution < 1.29 is 23.0 Å². The predicted molar refractivity (Wildman–Crippen MR) is 125 cm³/mol. The second-order valence-electron chi connectivity index (χ2n) is 9.25. The number of benzene rings is 1. The van der Waals surface area contributed by atoms with Crippen LogP contribution in [0.5, 0.6) is 11.5 Å². The first kappa shape index (κ1) is 22.8. The molecule has 0 bridgehead atoms. The maximum Gasteiger partial charge on any atom is 0.387 e. The second-order valence-corrected chi connectivity index (χ2v) is 9.25. The summed E-state index contributed by atoms with van der Waals surface area (Å²) in [5.41, 5.74) is 3.32. The molecule has 1 saturated heterocycles. The van der Waals surface area contributed by atoms with Gasteiger partial charge >= 0.3 is 6.61 Å². The van der Waals surface area contributed by atoms with Gasteiger partial charge in [-0.1, -0.05) is 0 Å². The number of rotatable bonds is 9. The lowest BCUT2D eigenvalue weighted by Crippen LogP contribution is -2.23. The van der Waals surface area contributed by atoms with E-state index < -0.39 is 6.61 Å². The third-order valence-electron chi connectivity index (χ3n) is 6.96. The minimum Gasteiger partial charge on any atom is -0.496 e. The van der Waals surface area contributed by atoms with Crippen LogP contribution in [0.4, 0.5) is 8.78 Å². The van der Waals surface area contributed by atoms with E-state index in [1.807, 2.05) is 10.6 Å². The van der Waals surface area contributed by atoms with Gasteiger partial charge in [-0.25, -0.2) is 4.98 Å². The van der Waals surface area contributed by atoms with Gasteiger partial charge in [0.05, 0.1) is 19.0 Å². The largest absolute Gasteiger partial charge is 0.496 e. The molecular weight excluding hydrogens is 440 g/mol. The van der Waals surface area contributed by atoms with E-state index in [-0.39, 0.29) is 22.8 Å². The van der Waals surface area contributed by atoms with E-state index in [1.165, 1.54) is 31.6 Å². The highest BCUT2D eigenvalue weighted by atomic mass is 19.3. The Morgan fingerprint density at radius 3 is 2.59 bits per heavy atom. The number of aromatic nitrogens is 2. The summed E-state index contributed by atoms with van der Waals surface area (Å²) in [6, 6.07) is 7.62. The number of alkyl halides is 2. The van der Waals surface area contributed by atoms with Gasteiger partial charge in [-0.15, -0.1) is 0 Å². The van der Waals surface area contributed by atoms with Crippen molar-refractivity contribution in [2.45, 2.75) is 51.7 Å². The smallest absolute Gasteiger partial charge is 0.387 e. The third kappa shape index (κ3) is 4.51. The normalized spacial score (nSPS) is 17.4. The Kier molecular flexibility index (Phi) is 6.25. The number of methoxy groups -OCH3 is 1. The van der Waals surface area contributed by atoms with E-state index >= 15 is 0 Å². The number of fused-ring (bicyclic) bond motifs is 1. The maximum atomic E-state index is 13.3. The van der Waals surface area contributed by atoms with Gasteiger partial charge in [0.2, 0.25) is 0 Å². The number of hydrogen-bond acceptors (Lipinski definition) is 5. The van der Waals surface area contributed by atoms with Crippen molar-refractivity contribution in [1.82, 2.24) is 14.3 Å². The predicted octanol–water partition coefficient (Wildman–Crippen LogP) is 5.75. The highest BCUT2D eigenvalue weighted by Gasteiger charge is 2.30. The van der Waals surface area contributed by atoms with Crippen molar-refractivity contribution in [3.05, 3.63) is 47.8 Å². The Balaban J connectivity index is 1.53. The van der Waals surface area contributed by atoms with Crippen LogP contribution in [-0.4, -0.2) is 46.9 Å². The quantitative estimate of drug-likeness (QED) is 0.374. The zero-order valence-corrected chi connectivity index (χ0v) is 19.5. The Morgan fingerprint density at radius 1 is 1.18 bits per heavy atom. The maximum absolute atomic E-state index is 13.3. The monoisotopic (exact) mass is 469 g/mol. The van der Waals surface area contributed by atoms with E-state index in [2.05, 4.69) is 28.9 Å². The van der Waals surface area contributed by atoms with Crippen molar-refractivity contribution in [3.8, 4) is 22.8 Å². The van der Waals surface area contributed by atoms with Crippen LogP contribution in [0.2, 0.25) is 0 Å². The molecule has 1 saturated carbocycles. The van der Waals surface area contributed by atoms with Crippen molar-refractivity contribution in [2.75, 3.05) is 20.2 Å². The van der Waals surface area contributed by atoms with Gasteiger partial charge in [-0.3, -0.25) is 14.1 Å². The molecule has 6 nitrogen and oxygen atoms in total. The van der Waals surface area contributed by atoms with Crippen LogP contribution >= 0.6 is 0 Å². The topological polar surface area (TPSA) is 56.1 Å². The van der Waals surface area contributed by atoms with Crippen LogP contribution in [0.15, 0.2) is 36.7 Å². The standard InChI is InChI=1S/C26H29F2N3O3/c1-16(30-8-3-4-9-30)18-7-10-31-20(15-29-24(31)14-18)19-12-22(33-2)25(21(32)11-17-5-6-17)23(13-19)34-26(27)28/h7,10,12-17,26H,3-6,8-9,11H2,1-2H3. The van der Waals surface area contributed by atoms with Crippen molar-refractivity contribution in [2.24, 2.45) is 5.92 Å². The van der Waals surface area contributed by atoms with Crippen LogP contribution in [-0.2, 0) is 0 Å². The van der Waals surface area contributed by atoms with Crippen LogP contribution in [0.3, 0.4) is 0 Å². The first-order valence-electron chi connectivity index (χ1n) is 11.9. The molecule has 2 aromatic heterocycles. The number of ketones is 1. The van der Waals surface area contributed by atoms with Crippen LogP contribution < -0.4 is 9.47 Å². The first-order valence-corrected chi connectivity index (χ1v) is 11.9. The zero-order valence-electron chi connectivity index (χ0n) is 19.5. The molecule has 0 amide bonds. The summed E-state index contributed by atoms with van der Waals surface area (Å²) in [5, 5.41) is 0. The molecule has 180 valence electrons. The fourth-order valence-corrected chi connectivity index (χ4v) is 4.86. The second kappa shape index (κ2) is 9.33. The Hall–Kier alpha value is -3.00. The molecule has 3 aromatic rings. The molecule has 3 heterocycles. The molecule has 1 unspecified atom stereocenters. The molecule has 0 N–H and O–H groups in total. The minimum atomic E-state index is -3.05. The van der Waals surface area contributed by atoms with Crippen LogP contribution in [0.1, 0.15) is 61.0 Å². The molecule has 8 heteroatoms. The summed E-state index contributed by atoms with van der Waals surface area (Å²) in [6.07, 6.45) is 8.38. The molecular formula is C26H29F2N3O3. The van der Waals surface area contributed by atoms with Crippen LogP contribution in [0, 0.1) is 5.92 Å². The molecule has 1 aromatic carbocycles. The number of hydrogen-bond donors (Lipinski definition) is 0. The summed E-state index contributed by atoms with van der Waals surface area (Å²) in [7, 11) is 1.43. The molecule has 34 heavy (non-hydrogen) atoms. The molecule has 0 spiro atoms. The fourth-order valence-electron chi connectivity index (χ4n) is 4.86. The minimum absolute atomic E-state index is 0.0778. The number of nitrogens with zero attached hydrogens (tertiary/aromatic N) is 3. The van der Waals surface area contributed by atoms with Crippen molar-refractivity contribution in [3.63, 3.8) is 0 Å². The lowest BCUT2D eigenvalue weighted by atomic mass is 10.00. The number of halogens is 2. The van der Waals surface area contributed by atoms with E-state index in [0.717, 1.165) is 31.6 Å². The number of carbonyl (C=O) groups excluding carboxylic acids is 1. The van der Waals surface area contributed by atoms with Gasteiger partial charge in [-0.05, 0) is 81.4 Å². The fraction of sp³-hybridized carbons (Fsp3) is 0.462. The van der Waals surface area contributed by atoms with Gasteiger partial charge in [0.15, 0.2) is 5.78 Å². The van der Waals surface area contributed by atoms with E-state index in [4.69, 9.17) is 9.47 Å². The summed E-state index contributed by atoms with van der Waals surface area (Å²) >= 11 is 0. The van der Waals surface area contributed by atoms with Gasteiger partial charge < -0.3 is 9.47 Å². The van der Waals surface area contributed by atoms with E-state index in [1.54, 1.807) is 12.3 Å². The third-order valence-corrected chi connectivity index (χ3v) is 6.96. The number of Topliss-reactive ketones (excluding diaryl/α,β-unsaturated/α-hetero) is 1. The average Bonchev–Trinajstić information content (AvgIpc) is 3.30. The summed E-state index contributed by atoms with van der Waals surface area (Å²) in [5.74, 6) is 0.143. The number of likely N-dealkylation sites (tertiary alicyclic amines) is 1. The van der Waals surface area contributed by atoms with E-state index in [9.17, 15) is 13.6 Å². The number of imidazole rings is 1.